The normalized spacial score (nSPS) is 19.5. The van der Waals surface area contributed by atoms with E-state index in [1.807, 2.05) is 35.2 Å². The van der Waals surface area contributed by atoms with Crippen LogP contribution in [0, 0.1) is 0 Å². The largest absolute Gasteiger partial charge is 0.416 e. The fourth-order valence-electron chi connectivity index (χ4n) is 4.53. The predicted molar refractivity (Wildman–Crippen MR) is 109 cm³/mol. The highest BCUT2D eigenvalue weighted by molar-refractivity contribution is 6.06. The van der Waals surface area contributed by atoms with E-state index >= 15 is 0 Å². The van der Waals surface area contributed by atoms with E-state index in [2.05, 4.69) is 0 Å². The third-order valence-corrected chi connectivity index (χ3v) is 6.26. The number of piperidine rings is 1. The SMILES string of the molecule is CN1C(=O)N(Cc2ccccc2)C2(CCN(Cc3cccc(C(F)(F)F)c3)CC2)C1=O. The van der Waals surface area contributed by atoms with Crippen LogP contribution in [0.3, 0.4) is 0 Å². The van der Waals surface area contributed by atoms with Crippen LogP contribution >= 0.6 is 0 Å². The molecule has 3 amide bonds. The summed E-state index contributed by atoms with van der Waals surface area (Å²) in [4.78, 5) is 30.7. The van der Waals surface area contributed by atoms with E-state index in [1.165, 1.54) is 24.1 Å². The Morgan fingerprint density at radius 2 is 1.55 bits per heavy atom. The zero-order chi connectivity index (χ0) is 22.2. The van der Waals surface area contributed by atoms with E-state index in [0.29, 0.717) is 44.6 Å². The molecule has 5 nitrogen and oxygen atoms in total. The van der Waals surface area contributed by atoms with Crippen molar-refractivity contribution >= 4 is 11.9 Å². The summed E-state index contributed by atoms with van der Waals surface area (Å²) in [5, 5.41) is 0. The van der Waals surface area contributed by atoms with Crippen LogP contribution in [0.15, 0.2) is 54.6 Å². The monoisotopic (exact) mass is 431 g/mol. The summed E-state index contributed by atoms with van der Waals surface area (Å²) >= 11 is 0. The van der Waals surface area contributed by atoms with Gasteiger partial charge in [-0.3, -0.25) is 14.6 Å². The minimum atomic E-state index is -4.37. The van der Waals surface area contributed by atoms with Crippen LogP contribution in [0.25, 0.3) is 0 Å². The van der Waals surface area contributed by atoms with Crippen LogP contribution in [0.2, 0.25) is 0 Å². The molecule has 8 heteroatoms. The first-order chi connectivity index (χ1) is 14.7. The molecule has 0 N–H and O–H groups in total. The van der Waals surface area contributed by atoms with Crippen molar-refractivity contribution in [2.45, 2.75) is 37.6 Å². The molecule has 31 heavy (non-hydrogen) atoms. The maximum Gasteiger partial charge on any atom is 0.416 e. The van der Waals surface area contributed by atoms with Crippen LogP contribution in [-0.4, -0.2) is 52.3 Å². The Morgan fingerprint density at radius 1 is 0.903 bits per heavy atom. The fourth-order valence-corrected chi connectivity index (χ4v) is 4.53. The van der Waals surface area contributed by atoms with Crippen molar-refractivity contribution in [1.82, 2.24) is 14.7 Å². The zero-order valence-corrected chi connectivity index (χ0v) is 17.2. The van der Waals surface area contributed by atoms with Crippen LogP contribution in [0.4, 0.5) is 18.0 Å². The molecule has 2 fully saturated rings. The van der Waals surface area contributed by atoms with Crippen molar-refractivity contribution in [3.8, 4) is 0 Å². The van der Waals surface area contributed by atoms with Gasteiger partial charge in [-0.15, -0.1) is 0 Å². The summed E-state index contributed by atoms with van der Waals surface area (Å²) in [5.74, 6) is -0.202. The minimum Gasteiger partial charge on any atom is -0.305 e. The number of urea groups is 1. The van der Waals surface area contributed by atoms with Crippen molar-refractivity contribution in [3.05, 3.63) is 71.3 Å². The van der Waals surface area contributed by atoms with Gasteiger partial charge in [0.05, 0.1) is 5.56 Å². The lowest BCUT2D eigenvalue weighted by atomic mass is 9.85. The molecule has 2 aromatic carbocycles. The van der Waals surface area contributed by atoms with Crippen molar-refractivity contribution in [2.75, 3.05) is 20.1 Å². The lowest BCUT2D eigenvalue weighted by Gasteiger charge is -2.42. The van der Waals surface area contributed by atoms with Crippen molar-refractivity contribution in [3.63, 3.8) is 0 Å². The standard InChI is InChI=1S/C23H24F3N3O2/c1-27-20(30)22(29(21(27)31)16-17-6-3-2-4-7-17)10-12-28(13-11-22)15-18-8-5-9-19(14-18)23(24,25)26/h2-9,14H,10-13,15-16H2,1H3. The molecule has 0 radical (unpaired) electrons. The number of nitrogens with zero attached hydrogens (tertiary/aromatic N) is 3. The summed E-state index contributed by atoms with van der Waals surface area (Å²) in [6.45, 7) is 1.77. The number of benzene rings is 2. The maximum absolute atomic E-state index is 13.0. The second-order valence-corrected chi connectivity index (χ2v) is 8.22. The van der Waals surface area contributed by atoms with Gasteiger partial charge in [-0.2, -0.15) is 13.2 Å². The first-order valence-electron chi connectivity index (χ1n) is 10.2. The average molecular weight is 431 g/mol. The molecule has 0 aliphatic carbocycles. The lowest BCUT2D eigenvalue weighted by Crippen LogP contribution is -2.56. The van der Waals surface area contributed by atoms with Gasteiger partial charge in [0.2, 0.25) is 0 Å². The Balaban J connectivity index is 1.49. The number of halogens is 3. The number of imide groups is 1. The van der Waals surface area contributed by atoms with Crippen LogP contribution in [-0.2, 0) is 24.1 Å². The van der Waals surface area contributed by atoms with Crippen molar-refractivity contribution < 1.29 is 22.8 Å². The third kappa shape index (κ3) is 4.04. The molecule has 0 aromatic heterocycles. The van der Waals surface area contributed by atoms with E-state index in [0.717, 1.165) is 11.6 Å². The smallest absolute Gasteiger partial charge is 0.305 e. The van der Waals surface area contributed by atoms with Gasteiger partial charge >= 0.3 is 12.2 Å². The minimum absolute atomic E-state index is 0.202. The van der Waals surface area contributed by atoms with Crippen molar-refractivity contribution in [1.29, 1.82) is 0 Å². The number of amides is 3. The Labute approximate surface area is 179 Å². The van der Waals surface area contributed by atoms with Crippen LogP contribution in [0.5, 0.6) is 0 Å². The summed E-state index contributed by atoms with van der Waals surface area (Å²) in [6.07, 6.45) is -3.47. The molecule has 4 rings (SSSR count). The number of carbonyl (C=O) groups is 2. The molecule has 2 aliphatic heterocycles. The van der Waals surface area contributed by atoms with Crippen molar-refractivity contribution in [2.24, 2.45) is 0 Å². The van der Waals surface area contributed by atoms with Gasteiger partial charge in [-0.1, -0.05) is 48.5 Å². The lowest BCUT2D eigenvalue weighted by molar-refractivity contribution is -0.138. The molecule has 2 aromatic rings. The van der Waals surface area contributed by atoms with Gasteiger partial charge in [0.15, 0.2) is 0 Å². The molecule has 2 aliphatic rings. The highest BCUT2D eigenvalue weighted by Crippen LogP contribution is 2.38. The first kappa shape index (κ1) is 21.4. The predicted octanol–water partition coefficient (Wildman–Crippen LogP) is 4.13. The van der Waals surface area contributed by atoms with Gasteiger partial charge in [0.1, 0.15) is 5.54 Å². The topological polar surface area (TPSA) is 43.9 Å². The number of likely N-dealkylation sites (tertiary alicyclic amines) is 1. The number of alkyl halides is 3. The number of rotatable bonds is 4. The second kappa shape index (κ2) is 8.00. The number of hydrogen-bond acceptors (Lipinski definition) is 3. The summed E-state index contributed by atoms with van der Waals surface area (Å²) < 4.78 is 39.0. The molecule has 0 saturated carbocycles. The summed E-state index contributed by atoms with van der Waals surface area (Å²) in [5.41, 5.74) is -0.0280. The van der Waals surface area contributed by atoms with Crippen LogP contribution in [0.1, 0.15) is 29.5 Å². The van der Waals surface area contributed by atoms with E-state index in [4.69, 9.17) is 0 Å². The molecule has 0 bridgehead atoms. The van der Waals surface area contributed by atoms with E-state index in [9.17, 15) is 22.8 Å². The molecule has 2 heterocycles. The van der Waals surface area contributed by atoms with Gasteiger partial charge in [-0.25, -0.2) is 4.79 Å². The fraction of sp³-hybridized carbons (Fsp3) is 0.391. The highest BCUT2D eigenvalue weighted by atomic mass is 19.4. The molecular weight excluding hydrogens is 407 g/mol. The third-order valence-electron chi connectivity index (χ3n) is 6.26. The summed E-state index contributed by atoms with van der Waals surface area (Å²) in [6, 6.07) is 14.6. The number of hydrogen-bond donors (Lipinski definition) is 0. The van der Waals surface area contributed by atoms with E-state index < -0.39 is 17.3 Å². The average Bonchev–Trinajstić information content (AvgIpc) is 2.92. The van der Waals surface area contributed by atoms with Gasteiger partial charge in [0, 0.05) is 33.2 Å². The highest BCUT2D eigenvalue weighted by Gasteiger charge is 2.56. The number of likely N-dealkylation sites (N-methyl/N-ethyl adjacent to an activating group) is 1. The first-order valence-corrected chi connectivity index (χ1v) is 10.2. The van der Waals surface area contributed by atoms with Gasteiger partial charge in [0.25, 0.3) is 5.91 Å². The van der Waals surface area contributed by atoms with E-state index in [1.54, 1.807) is 11.0 Å². The molecule has 164 valence electrons. The molecule has 2 saturated heterocycles. The Bertz CT molecular complexity index is 970. The van der Waals surface area contributed by atoms with Gasteiger partial charge < -0.3 is 4.90 Å². The van der Waals surface area contributed by atoms with Crippen LogP contribution < -0.4 is 0 Å². The molecule has 0 unspecified atom stereocenters. The zero-order valence-electron chi connectivity index (χ0n) is 17.2. The Hall–Kier alpha value is -2.87. The second-order valence-electron chi connectivity index (χ2n) is 8.22. The number of carbonyl (C=O) groups excluding carboxylic acids is 2. The molecule has 1 spiro atoms. The molecule has 0 atom stereocenters. The Morgan fingerprint density at radius 3 is 2.19 bits per heavy atom. The summed E-state index contributed by atoms with van der Waals surface area (Å²) in [7, 11) is 1.51. The van der Waals surface area contributed by atoms with E-state index in [-0.39, 0.29) is 11.9 Å². The quantitative estimate of drug-likeness (QED) is 0.684. The van der Waals surface area contributed by atoms with Gasteiger partial charge in [-0.05, 0) is 30.0 Å². The Kier molecular flexibility index (Phi) is 5.51. The molecular formula is C23H24F3N3O2. The maximum atomic E-state index is 13.0.